The van der Waals surface area contributed by atoms with E-state index >= 15 is 0 Å². The van der Waals surface area contributed by atoms with Gasteiger partial charge in [-0.25, -0.2) is 0 Å². The normalized spacial score (nSPS) is 13.6. The standard InChI is InChI=1S/C9H10BrF3N2O/c10-6-1-5(8(15)4-14)2-7(3-6)16-9(11,12)13/h1-3,8H,4,14-15H2/t8-/m0/s1. The SMILES string of the molecule is NC[C@H](N)c1cc(Br)cc(OC(F)(F)F)c1. The van der Waals surface area contributed by atoms with Crippen LogP contribution in [0, 0.1) is 0 Å². The van der Waals surface area contributed by atoms with Gasteiger partial charge in [-0.2, -0.15) is 0 Å². The molecule has 4 N–H and O–H groups in total. The molecule has 0 heterocycles. The van der Waals surface area contributed by atoms with Gasteiger partial charge in [0.2, 0.25) is 0 Å². The minimum atomic E-state index is -4.72. The summed E-state index contributed by atoms with van der Waals surface area (Å²) in [5.41, 5.74) is 11.4. The highest BCUT2D eigenvalue weighted by Gasteiger charge is 2.31. The maximum Gasteiger partial charge on any atom is 0.573 e. The summed E-state index contributed by atoms with van der Waals surface area (Å²) in [5, 5.41) is 0. The predicted octanol–water partition coefficient (Wildman–Crippen LogP) is 2.31. The van der Waals surface area contributed by atoms with E-state index in [9.17, 15) is 13.2 Å². The van der Waals surface area contributed by atoms with Crippen molar-refractivity contribution in [3.8, 4) is 5.75 Å². The quantitative estimate of drug-likeness (QED) is 0.900. The summed E-state index contributed by atoms with van der Waals surface area (Å²) in [6, 6.07) is 3.50. The molecule has 0 aliphatic carbocycles. The Morgan fingerprint density at radius 1 is 1.31 bits per heavy atom. The van der Waals surface area contributed by atoms with E-state index in [1.165, 1.54) is 12.1 Å². The summed E-state index contributed by atoms with van der Waals surface area (Å²) in [4.78, 5) is 0. The number of ether oxygens (including phenoxy) is 1. The van der Waals surface area contributed by atoms with Crippen LogP contribution in [-0.2, 0) is 0 Å². The zero-order chi connectivity index (χ0) is 12.3. The Labute approximate surface area is 98.7 Å². The van der Waals surface area contributed by atoms with Gasteiger partial charge in [0, 0.05) is 17.1 Å². The Morgan fingerprint density at radius 2 is 1.94 bits per heavy atom. The molecule has 90 valence electrons. The summed E-state index contributed by atoms with van der Waals surface area (Å²) in [7, 11) is 0. The molecule has 0 aromatic heterocycles. The molecule has 1 rings (SSSR count). The molecule has 1 aromatic rings. The van der Waals surface area contributed by atoms with Crippen molar-refractivity contribution in [2.24, 2.45) is 11.5 Å². The van der Waals surface area contributed by atoms with Crippen LogP contribution in [0.1, 0.15) is 11.6 Å². The summed E-state index contributed by atoms with van der Waals surface area (Å²) >= 11 is 3.07. The van der Waals surface area contributed by atoms with Gasteiger partial charge < -0.3 is 16.2 Å². The minimum Gasteiger partial charge on any atom is -0.406 e. The molecular formula is C9H10BrF3N2O. The lowest BCUT2D eigenvalue weighted by Gasteiger charge is -2.13. The molecule has 0 aliphatic rings. The Morgan fingerprint density at radius 3 is 2.44 bits per heavy atom. The molecule has 0 saturated heterocycles. The summed E-state index contributed by atoms with van der Waals surface area (Å²) in [6.45, 7) is 0.141. The fourth-order valence-corrected chi connectivity index (χ4v) is 1.62. The van der Waals surface area contributed by atoms with Gasteiger partial charge in [0.25, 0.3) is 0 Å². The van der Waals surface area contributed by atoms with Crippen molar-refractivity contribution in [2.75, 3.05) is 6.54 Å². The molecule has 16 heavy (non-hydrogen) atoms. The summed E-state index contributed by atoms with van der Waals surface area (Å²) in [5.74, 6) is -0.319. The first-order valence-electron chi connectivity index (χ1n) is 4.33. The van der Waals surface area contributed by atoms with Gasteiger partial charge in [-0.15, -0.1) is 13.2 Å². The highest BCUT2D eigenvalue weighted by atomic mass is 79.9. The molecule has 0 unspecified atom stereocenters. The zero-order valence-corrected chi connectivity index (χ0v) is 9.68. The summed E-state index contributed by atoms with van der Waals surface area (Å²) < 4.78 is 40.2. The van der Waals surface area contributed by atoms with E-state index in [1.807, 2.05) is 0 Å². The number of alkyl halides is 3. The van der Waals surface area contributed by atoms with Crippen molar-refractivity contribution in [2.45, 2.75) is 12.4 Å². The molecule has 3 nitrogen and oxygen atoms in total. The third-order valence-electron chi connectivity index (χ3n) is 1.81. The molecule has 0 saturated carbocycles. The number of halogens is 4. The van der Waals surface area contributed by atoms with Crippen LogP contribution in [0.25, 0.3) is 0 Å². The van der Waals surface area contributed by atoms with Crippen molar-refractivity contribution >= 4 is 15.9 Å². The highest BCUT2D eigenvalue weighted by molar-refractivity contribution is 9.10. The fourth-order valence-electron chi connectivity index (χ4n) is 1.13. The van der Waals surface area contributed by atoms with E-state index in [2.05, 4.69) is 20.7 Å². The third-order valence-corrected chi connectivity index (χ3v) is 2.27. The largest absolute Gasteiger partial charge is 0.573 e. The maximum atomic E-state index is 12.0. The van der Waals surface area contributed by atoms with Crippen LogP contribution < -0.4 is 16.2 Å². The molecular weight excluding hydrogens is 289 g/mol. The van der Waals surface area contributed by atoms with E-state index < -0.39 is 12.4 Å². The van der Waals surface area contributed by atoms with Crippen LogP contribution in [0.3, 0.4) is 0 Å². The zero-order valence-electron chi connectivity index (χ0n) is 8.09. The third kappa shape index (κ3) is 3.99. The molecule has 0 spiro atoms. The smallest absolute Gasteiger partial charge is 0.406 e. The first kappa shape index (κ1) is 13.3. The van der Waals surface area contributed by atoms with Crippen LogP contribution in [0.2, 0.25) is 0 Å². The predicted molar refractivity (Wildman–Crippen MR) is 56.8 cm³/mol. The van der Waals surface area contributed by atoms with Crippen LogP contribution in [0.5, 0.6) is 5.75 Å². The van der Waals surface area contributed by atoms with Crippen molar-refractivity contribution in [3.63, 3.8) is 0 Å². The number of nitrogens with two attached hydrogens (primary N) is 2. The number of hydrogen-bond donors (Lipinski definition) is 2. The number of hydrogen-bond acceptors (Lipinski definition) is 3. The van der Waals surface area contributed by atoms with Crippen molar-refractivity contribution < 1.29 is 17.9 Å². The van der Waals surface area contributed by atoms with Crippen molar-refractivity contribution in [3.05, 3.63) is 28.2 Å². The van der Waals surface area contributed by atoms with Crippen LogP contribution in [0.15, 0.2) is 22.7 Å². The molecule has 0 amide bonds. The van der Waals surface area contributed by atoms with Gasteiger partial charge in [-0.1, -0.05) is 15.9 Å². The second-order valence-corrected chi connectivity index (χ2v) is 4.03. The average Bonchev–Trinajstić information content (AvgIpc) is 2.12. The van der Waals surface area contributed by atoms with Crippen LogP contribution in [0.4, 0.5) is 13.2 Å². The topological polar surface area (TPSA) is 61.3 Å². The second-order valence-electron chi connectivity index (χ2n) is 3.11. The van der Waals surface area contributed by atoms with Crippen LogP contribution in [-0.4, -0.2) is 12.9 Å². The number of rotatable bonds is 3. The first-order valence-corrected chi connectivity index (χ1v) is 5.13. The lowest BCUT2D eigenvalue weighted by Crippen LogP contribution is -2.21. The average molecular weight is 299 g/mol. The van der Waals surface area contributed by atoms with Gasteiger partial charge in [0.05, 0.1) is 0 Å². The molecule has 0 radical (unpaired) electrons. The fraction of sp³-hybridized carbons (Fsp3) is 0.333. The second kappa shape index (κ2) is 5.03. The van der Waals surface area contributed by atoms with Gasteiger partial charge in [0.1, 0.15) is 5.75 Å². The highest BCUT2D eigenvalue weighted by Crippen LogP contribution is 2.28. The van der Waals surface area contributed by atoms with Gasteiger partial charge in [-0.05, 0) is 23.8 Å². The molecule has 1 aromatic carbocycles. The lowest BCUT2D eigenvalue weighted by atomic mass is 10.1. The maximum absolute atomic E-state index is 12.0. The molecule has 7 heteroatoms. The number of benzene rings is 1. The van der Waals surface area contributed by atoms with Gasteiger partial charge in [-0.3, -0.25) is 0 Å². The molecule has 1 atom stereocenters. The van der Waals surface area contributed by atoms with E-state index in [0.717, 1.165) is 0 Å². The van der Waals surface area contributed by atoms with E-state index in [1.54, 1.807) is 6.07 Å². The van der Waals surface area contributed by atoms with E-state index in [4.69, 9.17) is 11.5 Å². The van der Waals surface area contributed by atoms with Gasteiger partial charge in [0.15, 0.2) is 0 Å². The first-order chi connectivity index (χ1) is 7.31. The minimum absolute atomic E-state index is 0.141. The van der Waals surface area contributed by atoms with Crippen LogP contribution >= 0.6 is 15.9 Å². The van der Waals surface area contributed by atoms with E-state index in [0.29, 0.717) is 10.0 Å². The summed E-state index contributed by atoms with van der Waals surface area (Å²) in [6.07, 6.45) is -4.72. The van der Waals surface area contributed by atoms with Crippen molar-refractivity contribution in [1.29, 1.82) is 0 Å². The molecule has 0 bridgehead atoms. The van der Waals surface area contributed by atoms with Crippen molar-refractivity contribution in [1.82, 2.24) is 0 Å². The Hall–Kier alpha value is -0.790. The monoisotopic (exact) mass is 298 g/mol. The van der Waals surface area contributed by atoms with E-state index in [-0.39, 0.29) is 12.3 Å². The Kier molecular flexibility index (Phi) is 4.17. The molecule has 0 aliphatic heterocycles. The Bertz CT molecular complexity index is 370. The Balaban J connectivity index is 2.99. The van der Waals surface area contributed by atoms with Gasteiger partial charge >= 0.3 is 6.36 Å². The lowest BCUT2D eigenvalue weighted by molar-refractivity contribution is -0.274. The molecule has 0 fully saturated rings.